The summed E-state index contributed by atoms with van der Waals surface area (Å²) in [6.45, 7) is 1.76. The van der Waals surface area contributed by atoms with E-state index in [0.717, 1.165) is 0 Å². The van der Waals surface area contributed by atoms with Crippen LogP contribution in [0.3, 0.4) is 0 Å². The number of hydrogen-bond donors (Lipinski definition) is 1. The van der Waals surface area contributed by atoms with Crippen molar-refractivity contribution in [2.24, 2.45) is 0 Å². The predicted octanol–water partition coefficient (Wildman–Crippen LogP) is 4.06. The Balaban J connectivity index is 1.78. The van der Waals surface area contributed by atoms with Crippen molar-refractivity contribution in [3.05, 3.63) is 53.9 Å². The van der Waals surface area contributed by atoms with E-state index in [1.165, 1.54) is 6.26 Å². The Bertz CT molecular complexity index is 1130. The van der Waals surface area contributed by atoms with Gasteiger partial charge in [0.25, 0.3) is 11.6 Å². The maximum atomic E-state index is 13.1. The first-order valence-electron chi connectivity index (χ1n) is 8.44. The van der Waals surface area contributed by atoms with Crippen LogP contribution in [0.5, 0.6) is 11.5 Å². The summed E-state index contributed by atoms with van der Waals surface area (Å²) >= 11 is 0. The zero-order chi connectivity index (χ0) is 19.7. The lowest BCUT2D eigenvalue weighted by Gasteiger charge is -2.11. The molecule has 0 saturated heterocycles. The molecule has 0 fully saturated rings. The first-order valence-corrected chi connectivity index (χ1v) is 8.44. The Labute approximate surface area is 160 Å². The minimum atomic E-state index is -0.346. The molecule has 0 aliphatic heterocycles. The number of nitrogens with zero attached hydrogens (tertiary/aromatic N) is 2. The van der Waals surface area contributed by atoms with E-state index in [2.05, 4.69) is 15.5 Å². The number of pyridine rings is 1. The van der Waals surface area contributed by atoms with Crippen LogP contribution in [0.1, 0.15) is 16.1 Å². The molecule has 28 heavy (non-hydrogen) atoms. The van der Waals surface area contributed by atoms with E-state index in [4.69, 9.17) is 18.4 Å². The van der Waals surface area contributed by atoms with E-state index in [0.29, 0.717) is 45.3 Å². The molecule has 1 amide bonds. The molecule has 142 valence electrons. The molecule has 1 N–H and O–H groups in total. The van der Waals surface area contributed by atoms with Crippen LogP contribution in [-0.2, 0) is 0 Å². The van der Waals surface area contributed by atoms with Gasteiger partial charge in [-0.05, 0) is 25.1 Å². The lowest BCUT2D eigenvalue weighted by atomic mass is 10.1. The zero-order valence-electron chi connectivity index (χ0n) is 15.5. The Morgan fingerprint density at radius 2 is 1.86 bits per heavy atom. The van der Waals surface area contributed by atoms with Crippen LogP contribution in [0.15, 0.2) is 51.6 Å². The zero-order valence-corrected chi connectivity index (χ0v) is 15.5. The van der Waals surface area contributed by atoms with Crippen molar-refractivity contribution in [2.45, 2.75) is 6.92 Å². The number of carbonyl (C=O) groups is 1. The average Bonchev–Trinajstić information content (AvgIpc) is 3.37. The minimum Gasteiger partial charge on any atom is -0.497 e. The van der Waals surface area contributed by atoms with Crippen LogP contribution in [0.4, 0.5) is 5.69 Å². The first kappa shape index (κ1) is 17.6. The summed E-state index contributed by atoms with van der Waals surface area (Å²) in [7, 11) is 3.09. The van der Waals surface area contributed by atoms with E-state index in [1.54, 1.807) is 57.5 Å². The standard InChI is InChI=1S/C20H17N3O5/c1-11-18-15(10-16(17-5-4-6-27-17)22-20(18)28-23-11)19(24)21-12-7-13(25-2)9-14(8-12)26-3/h4-10H,1-3H3,(H,21,24). The number of hydrogen-bond acceptors (Lipinski definition) is 7. The highest BCUT2D eigenvalue weighted by molar-refractivity contribution is 6.13. The average molecular weight is 379 g/mol. The van der Waals surface area contributed by atoms with Crippen molar-refractivity contribution < 1.29 is 23.2 Å². The maximum absolute atomic E-state index is 13.1. The van der Waals surface area contributed by atoms with Crippen LogP contribution in [-0.4, -0.2) is 30.3 Å². The second kappa shape index (κ2) is 7.07. The van der Waals surface area contributed by atoms with Crippen molar-refractivity contribution in [3.8, 4) is 23.0 Å². The maximum Gasteiger partial charge on any atom is 0.259 e. The molecule has 3 heterocycles. The van der Waals surface area contributed by atoms with E-state index in [9.17, 15) is 4.79 Å². The summed E-state index contributed by atoms with van der Waals surface area (Å²) in [4.78, 5) is 17.5. The molecule has 4 rings (SSSR count). The highest BCUT2D eigenvalue weighted by Gasteiger charge is 2.20. The SMILES string of the molecule is COc1cc(NC(=O)c2cc(-c3ccco3)nc3onc(C)c23)cc(OC)c1. The lowest BCUT2D eigenvalue weighted by molar-refractivity contribution is 0.102. The molecule has 0 saturated carbocycles. The van der Waals surface area contributed by atoms with Crippen LogP contribution < -0.4 is 14.8 Å². The molecule has 0 radical (unpaired) electrons. The predicted molar refractivity (Wildman–Crippen MR) is 102 cm³/mol. The summed E-state index contributed by atoms with van der Waals surface area (Å²) in [5.74, 6) is 1.30. The fraction of sp³-hybridized carbons (Fsp3) is 0.150. The van der Waals surface area contributed by atoms with Gasteiger partial charge in [-0.15, -0.1) is 0 Å². The highest BCUT2D eigenvalue weighted by atomic mass is 16.5. The fourth-order valence-electron chi connectivity index (χ4n) is 2.90. The first-order chi connectivity index (χ1) is 13.6. The van der Waals surface area contributed by atoms with Crippen LogP contribution in [0.2, 0.25) is 0 Å². The van der Waals surface area contributed by atoms with Crippen LogP contribution in [0.25, 0.3) is 22.6 Å². The largest absolute Gasteiger partial charge is 0.497 e. The number of benzene rings is 1. The number of nitrogens with one attached hydrogen (secondary N) is 1. The van der Waals surface area contributed by atoms with Crippen molar-refractivity contribution in [3.63, 3.8) is 0 Å². The number of amides is 1. The molecular weight excluding hydrogens is 362 g/mol. The number of ether oxygens (including phenoxy) is 2. The van der Waals surface area contributed by atoms with Gasteiger partial charge in [0.05, 0.1) is 37.1 Å². The number of aromatic nitrogens is 2. The number of fused-ring (bicyclic) bond motifs is 1. The van der Waals surface area contributed by atoms with E-state index >= 15 is 0 Å². The second-order valence-electron chi connectivity index (χ2n) is 6.04. The molecule has 0 aliphatic rings. The molecule has 0 atom stereocenters. The lowest BCUT2D eigenvalue weighted by Crippen LogP contribution is -2.13. The molecule has 0 spiro atoms. The highest BCUT2D eigenvalue weighted by Crippen LogP contribution is 2.30. The second-order valence-corrected chi connectivity index (χ2v) is 6.04. The summed E-state index contributed by atoms with van der Waals surface area (Å²) in [5.41, 5.74) is 2.21. The van der Waals surface area contributed by atoms with E-state index in [1.807, 2.05) is 0 Å². The Hall–Kier alpha value is -3.81. The van der Waals surface area contributed by atoms with Gasteiger partial charge in [0.2, 0.25) is 0 Å². The summed E-state index contributed by atoms with van der Waals surface area (Å²) < 4.78 is 21.2. The molecule has 0 aliphatic carbocycles. The molecule has 3 aromatic heterocycles. The molecule has 8 heteroatoms. The van der Waals surface area contributed by atoms with Gasteiger partial charge in [-0.3, -0.25) is 4.79 Å². The minimum absolute atomic E-state index is 0.264. The normalized spacial score (nSPS) is 10.8. The van der Waals surface area contributed by atoms with Crippen molar-refractivity contribution in [1.82, 2.24) is 10.1 Å². The van der Waals surface area contributed by atoms with Gasteiger partial charge in [0, 0.05) is 23.9 Å². The third-order valence-electron chi connectivity index (χ3n) is 4.24. The topological polar surface area (TPSA) is 99.6 Å². The van der Waals surface area contributed by atoms with Gasteiger partial charge >= 0.3 is 0 Å². The monoisotopic (exact) mass is 379 g/mol. The third kappa shape index (κ3) is 3.16. The third-order valence-corrected chi connectivity index (χ3v) is 4.24. The summed E-state index contributed by atoms with van der Waals surface area (Å²) in [6, 6.07) is 10.3. The Morgan fingerprint density at radius 1 is 1.11 bits per heavy atom. The van der Waals surface area contributed by atoms with Crippen molar-refractivity contribution in [2.75, 3.05) is 19.5 Å². The molecule has 8 nitrogen and oxygen atoms in total. The summed E-state index contributed by atoms with van der Waals surface area (Å²) in [5, 5.41) is 7.34. The van der Waals surface area contributed by atoms with Gasteiger partial charge < -0.3 is 23.7 Å². The van der Waals surface area contributed by atoms with Gasteiger partial charge in [-0.2, -0.15) is 0 Å². The fourth-order valence-corrected chi connectivity index (χ4v) is 2.90. The van der Waals surface area contributed by atoms with E-state index in [-0.39, 0.29) is 11.6 Å². The van der Waals surface area contributed by atoms with Crippen LogP contribution >= 0.6 is 0 Å². The number of rotatable bonds is 5. The number of aryl methyl sites for hydroxylation is 1. The number of methoxy groups -OCH3 is 2. The van der Waals surface area contributed by atoms with Crippen molar-refractivity contribution in [1.29, 1.82) is 0 Å². The molecule has 1 aromatic carbocycles. The van der Waals surface area contributed by atoms with Crippen LogP contribution in [0, 0.1) is 6.92 Å². The van der Waals surface area contributed by atoms with Crippen molar-refractivity contribution >= 4 is 22.7 Å². The van der Waals surface area contributed by atoms with Gasteiger partial charge in [-0.25, -0.2) is 4.98 Å². The van der Waals surface area contributed by atoms with E-state index < -0.39 is 0 Å². The Kier molecular flexibility index (Phi) is 4.44. The molecule has 0 bridgehead atoms. The molecule has 0 unspecified atom stereocenters. The van der Waals surface area contributed by atoms with Gasteiger partial charge in [0.1, 0.15) is 17.2 Å². The van der Waals surface area contributed by atoms with Gasteiger partial charge in [-0.1, -0.05) is 5.16 Å². The van der Waals surface area contributed by atoms with Gasteiger partial charge in [0.15, 0.2) is 5.76 Å². The summed E-state index contributed by atoms with van der Waals surface area (Å²) in [6.07, 6.45) is 1.54. The Morgan fingerprint density at radius 3 is 2.50 bits per heavy atom. The smallest absolute Gasteiger partial charge is 0.259 e. The number of anilines is 1. The molecular formula is C20H17N3O5. The molecule has 4 aromatic rings. The quantitative estimate of drug-likeness (QED) is 0.558. The number of furan rings is 1. The number of carbonyl (C=O) groups excluding carboxylic acids is 1.